The quantitative estimate of drug-likeness (QED) is 0.223. The normalized spacial score (nSPS) is 14.5. The van der Waals surface area contributed by atoms with Crippen molar-refractivity contribution in [3.8, 4) is 0 Å². The largest absolute Gasteiger partial charge is 0.373 e. The van der Waals surface area contributed by atoms with Gasteiger partial charge in [-0.15, -0.1) is 23.4 Å². The van der Waals surface area contributed by atoms with Gasteiger partial charge in [0.15, 0.2) is 6.73 Å². The Balaban J connectivity index is 2.27. The van der Waals surface area contributed by atoms with Gasteiger partial charge in [-0.25, -0.2) is 0 Å². The van der Waals surface area contributed by atoms with Crippen molar-refractivity contribution in [2.75, 3.05) is 17.4 Å². The molecule has 0 heterocycles. The molecule has 6 heteroatoms. The fourth-order valence-electron chi connectivity index (χ4n) is 2.60. The van der Waals surface area contributed by atoms with Crippen molar-refractivity contribution in [3.05, 3.63) is 23.8 Å². The summed E-state index contributed by atoms with van der Waals surface area (Å²) >= 11 is 8.07. The first-order valence-corrected chi connectivity index (χ1v) is 10.9. The minimum atomic E-state index is -0.563. The lowest BCUT2D eigenvalue weighted by molar-refractivity contribution is -0.119. The smallest absolute Gasteiger partial charge is 0.247 e. The molecule has 0 spiro atoms. The van der Waals surface area contributed by atoms with Crippen LogP contribution in [0.15, 0.2) is 28.3 Å². The molecule has 1 unspecified atom stereocenters. The average molecular weight is 397 g/mol. The van der Waals surface area contributed by atoms with Crippen LogP contribution in [0.3, 0.4) is 0 Å². The van der Waals surface area contributed by atoms with E-state index in [1.165, 1.54) is 6.42 Å². The number of benzene rings is 1. The average Bonchev–Trinajstić information content (AvgIpc) is 2.63. The van der Waals surface area contributed by atoms with Crippen molar-refractivity contribution >= 4 is 40.7 Å². The summed E-state index contributed by atoms with van der Waals surface area (Å²) in [4.78, 5) is 21.2. The fraction of sp³-hybridized carbons (Fsp3) is 0.600. The molecule has 1 aromatic rings. The molecule has 0 bridgehead atoms. The first-order chi connectivity index (χ1) is 12.6. The van der Waals surface area contributed by atoms with Crippen molar-refractivity contribution in [2.45, 2.75) is 69.6 Å². The fourth-order valence-corrected chi connectivity index (χ4v) is 3.52. The molecule has 26 heavy (non-hydrogen) atoms. The van der Waals surface area contributed by atoms with Gasteiger partial charge < -0.3 is 4.84 Å². The van der Waals surface area contributed by atoms with Crippen LogP contribution in [-0.4, -0.2) is 29.5 Å². The molecule has 0 aliphatic heterocycles. The van der Waals surface area contributed by atoms with E-state index in [0.29, 0.717) is 6.42 Å². The maximum absolute atomic E-state index is 12.9. The maximum atomic E-state index is 12.9. The molecule has 1 aliphatic rings. The van der Waals surface area contributed by atoms with Crippen LogP contribution in [0, 0.1) is 0 Å². The lowest BCUT2D eigenvalue weighted by Gasteiger charge is -2.26. The first kappa shape index (κ1) is 21.1. The molecular formula is C20H29ClN2O2S. The molecule has 1 saturated carbocycles. The lowest BCUT2D eigenvalue weighted by Crippen LogP contribution is -2.38. The highest BCUT2D eigenvalue weighted by atomic mass is 35.5. The Kier molecular flexibility index (Phi) is 8.79. The van der Waals surface area contributed by atoms with Crippen molar-refractivity contribution in [3.63, 3.8) is 0 Å². The predicted molar refractivity (Wildman–Crippen MR) is 111 cm³/mol. The summed E-state index contributed by atoms with van der Waals surface area (Å²) in [5.74, 6) is 0.922. The van der Waals surface area contributed by atoms with Gasteiger partial charge in [-0.3, -0.25) is 9.69 Å². The van der Waals surface area contributed by atoms with Crippen LogP contribution < -0.4 is 4.90 Å². The number of aryl methyl sites for hydroxylation is 1. The second-order valence-corrected chi connectivity index (χ2v) is 8.10. The van der Waals surface area contributed by atoms with Gasteiger partial charge in [0.05, 0.1) is 11.4 Å². The minimum absolute atomic E-state index is 0.0977. The number of carbonyl (C=O) groups is 1. The van der Waals surface area contributed by atoms with E-state index in [1.807, 2.05) is 6.92 Å². The Morgan fingerprint density at radius 3 is 2.69 bits per heavy atom. The second kappa shape index (κ2) is 10.8. The van der Waals surface area contributed by atoms with Gasteiger partial charge in [0.1, 0.15) is 5.38 Å². The zero-order valence-electron chi connectivity index (χ0n) is 16.0. The van der Waals surface area contributed by atoms with E-state index in [4.69, 9.17) is 16.4 Å². The Bertz CT molecular complexity index is 630. The highest BCUT2D eigenvalue weighted by Crippen LogP contribution is 2.30. The summed E-state index contributed by atoms with van der Waals surface area (Å²) < 4.78 is 0. The zero-order chi connectivity index (χ0) is 18.9. The molecular weight excluding hydrogens is 368 g/mol. The van der Waals surface area contributed by atoms with E-state index in [-0.39, 0.29) is 12.6 Å². The number of nitrogens with zero attached hydrogens (tertiary/aromatic N) is 2. The summed E-state index contributed by atoms with van der Waals surface area (Å²) in [7, 11) is 0. The summed E-state index contributed by atoms with van der Waals surface area (Å²) in [6.45, 7) is 6.27. The van der Waals surface area contributed by atoms with Gasteiger partial charge >= 0.3 is 0 Å². The number of hydrogen-bond donors (Lipinski definition) is 0. The molecule has 0 N–H and O–H groups in total. The molecule has 4 nitrogen and oxygen atoms in total. The van der Waals surface area contributed by atoms with Crippen molar-refractivity contribution < 1.29 is 9.63 Å². The van der Waals surface area contributed by atoms with E-state index in [0.717, 1.165) is 53.3 Å². The maximum Gasteiger partial charge on any atom is 0.247 e. The molecule has 1 aliphatic carbocycles. The van der Waals surface area contributed by atoms with Gasteiger partial charge in [-0.2, -0.15) is 0 Å². The molecule has 0 saturated heterocycles. The molecule has 1 fully saturated rings. The topological polar surface area (TPSA) is 41.9 Å². The molecule has 0 aromatic heterocycles. The molecule has 144 valence electrons. The van der Waals surface area contributed by atoms with Gasteiger partial charge in [0, 0.05) is 4.90 Å². The summed E-state index contributed by atoms with van der Waals surface area (Å²) in [5.41, 5.74) is 3.06. The van der Waals surface area contributed by atoms with Gasteiger partial charge in [-0.1, -0.05) is 32.0 Å². The van der Waals surface area contributed by atoms with Crippen molar-refractivity contribution in [1.82, 2.24) is 0 Å². The minimum Gasteiger partial charge on any atom is -0.373 e. The molecule has 1 aromatic carbocycles. The van der Waals surface area contributed by atoms with E-state index in [2.05, 4.69) is 37.2 Å². The van der Waals surface area contributed by atoms with E-state index < -0.39 is 5.38 Å². The van der Waals surface area contributed by atoms with E-state index in [9.17, 15) is 4.79 Å². The SMILES string of the molecule is CCCSc1ccc(CC)c(N(CON=C2CCC2)C(=O)C(Cl)CC)c1. The van der Waals surface area contributed by atoms with Crippen LogP contribution >= 0.6 is 23.4 Å². The second-order valence-electron chi connectivity index (χ2n) is 6.40. The molecule has 0 radical (unpaired) electrons. The number of rotatable bonds is 10. The van der Waals surface area contributed by atoms with Crippen molar-refractivity contribution in [1.29, 1.82) is 0 Å². The van der Waals surface area contributed by atoms with Crippen LogP contribution in [0.1, 0.15) is 58.4 Å². The Labute approximate surface area is 166 Å². The highest BCUT2D eigenvalue weighted by Gasteiger charge is 2.25. The number of carbonyl (C=O) groups excluding carboxylic acids is 1. The van der Waals surface area contributed by atoms with Crippen LogP contribution in [0.25, 0.3) is 0 Å². The molecule has 1 atom stereocenters. The van der Waals surface area contributed by atoms with E-state index in [1.54, 1.807) is 16.7 Å². The third-order valence-electron chi connectivity index (χ3n) is 4.40. The number of halogens is 1. The van der Waals surface area contributed by atoms with Gasteiger partial charge in [0.2, 0.25) is 5.91 Å². The molecule has 2 rings (SSSR count). The number of thioether (sulfide) groups is 1. The lowest BCUT2D eigenvalue weighted by atomic mass is 9.98. The Morgan fingerprint density at radius 2 is 2.12 bits per heavy atom. The summed E-state index contributed by atoms with van der Waals surface area (Å²) in [6.07, 6.45) is 5.68. The predicted octanol–water partition coefficient (Wildman–Crippen LogP) is 5.62. The third-order valence-corrected chi connectivity index (χ3v) is 6.10. The standard InChI is InChI=1S/C20H29ClN2O2S/c1-4-12-26-17-11-10-15(5-2)19(13-17)23(20(24)18(21)6-3)14-25-22-16-8-7-9-16/h10-11,13,18H,4-9,12,14H2,1-3H3. The van der Waals surface area contributed by atoms with Crippen molar-refractivity contribution in [2.24, 2.45) is 5.16 Å². The van der Waals surface area contributed by atoms with Crippen LogP contribution in [0.2, 0.25) is 0 Å². The number of anilines is 1. The Morgan fingerprint density at radius 1 is 1.35 bits per heavy atom. The zero-order valence-corrected chi connectivity index (χ0v) is 17.5. The van der Waals surface area contributed by atoms with E-state index >= 15 is 0 Å². The first-order valence-electron chi connectivity index (χ1n) is 9.49. The third kappa shape index (κ3) is 5.65. The Hall–Kier alpha value is -1.20. The number of alkyl halides is 1. The monoisotopic (exact) mass is 396 g/mol. The molecule has 1 amide bonds. The van der Waals surface area contributed by atoms with Crippen LogP contribution in [0.4, 0.5) is 5.69 Å². The van der Waals surface area contributed by atoms with Crippen LogP contribution in [0.5, 0.6) is 0 Å². The van der Waals surface area contributed by atoms with Crippen LogP contribution in [-0.2, 0) is 16.1 Å². The highest BCUT2D eigenvalue weighted by molar-refractivity contribution is 7.99. The van der Waals surface area contributed by atoms with Gasteiger partial charge in [-0.05, 0) is 62.0 Å². The number of oxime groups is 1. The number of hydrogen-bond acceptors (Lipinski definition) is 4. The number of amides is 1. The summed E-state index contributed by atoms with van der Waals surface area (Å²) in [5, 5.41) is 3.60. The van der Waals surface area contributed by atoms with Gasteiger partial charge in [0.25, 0.3) is 0 Å². The summed E-state index contributed by atoms with van der Waals surface area (Å²) in [6, 6.07) is 6.30.